The number of H-pyrrole nitrogens is 1. The Labute approximate surface area is 129 Å². The molecule has 0 amide bonds. The van der Waals surface area contributed by atoms with Crippen molar-refractivity contribution >= 4 is 45.1 Å². The monoisotopic (exact) mass is 322 g/mol. The van der Waals surface area contributed by atoms with Gasteiger partial charge in [0.2, 0.25) is 0 Å². The van der Waals surface area contributed by atoms with Gasteiger partial charge in [-0.25, -0.2) is 0 Å². The topological polar surface area (TPSA) is 37.8 Å². The van der Waals surface area contributed by atoms with Crippen LogP contribution in [0.4, 0.5) is 0 Å². The Bertz CT molecular complexity index is 839. The van der Waals surface area contributed by atoms with E-state index >= 15 is 0 Å². The molecule has 20 heavy (non-hydrogen) atoms. The van der Waals surface area contributed by atoms with Crippen LogP contribution in [0.25, 0.3) is 10.2 Å². The summed E-state index contributed by atoms with van der Waals surface area (Å²) in [4.78, 5) is 17.9. The molecule has 0 aliphatic carbocycles. The molecule has 1 unspecified atom stereocenters. The summed E-state index contributed by atoms with van der Waals surface area (Å²) in [5.41, 5.74) is -0.00269. The van der Waals surface area contributed by atoms with Gasteiger partial charge in [0, 0.05) is 4.88 Å². The van der Waals surface area contributed by atoms with E-state index < -0.39 is 0 Å². The maximum Gasteiger partial charge on any atom is 0.263 e. The van der Waals surface area contributed by atoms with Crippen molar-refractivity contribution in [3.05, 3.63) is 49.0 Å². The summed E-state index contributed by atoms with van der Waals surface area (Å²) in [5, 5.41) is 4.66. The minimum Gasteiger partial charge on any atom is -0.323 e. The first-order chi connectivity index (χ1) is 9.59. The summed E-state index contributed by atoms with van der Waals surface area (Å²) in [7, 11) is 0. The van der Waals surface area contributed by atoms with Crippen molar-refractivity contribution in [2.24, 2.45) is 5.92 Å². The number of thiophene rings is 2. The minimum absolute atomic E-state index is 0.00269. The summed E-state index contributed by atoms with van der Waals surface area (Å²) in [6.45, 7) is 4.23. The maximum atomic E-state index is 12.7. The predicted molar refractivity (Wildman–Crippen MR) is 88.6 cm³/mol. The Balaban J connectivity index is 2.32. The lowest BCUT2D eigenvalue weighted by Crippen LogP contribution is -2.29. The van der Waals surface area contributed by atoms with Crippen molar-refractivity contribution in [1.82, 2.24) is 9.55 Å². The van der Waals surface area contributed by atoms with E-state index in [1.807, 2.05) is 22.9 Å². The molecule has 6 heteroatoms. The fraction of sp³-hybridized carbons (Fsp3) is 0.286. The number of aromatic nitrogens is 2. The van der Waals surface area contributed by atoms with Crippen molar-refractivity contribution in [2.45, 2.75) is 19.9 Å². The molecule has 3 nitrogen and oxygen atoms in total. The van der Waals surface area contributed by atoms with E-state index in [1.165, 1.54) is 11.3 Å². The Kier molecular flexibility index (Phi) is 3.62. The van der Waals surface area contributed by atoms with Gasteiger partial charge in [-0.1, -0.05) is 19.9 Å². The maximum absolute atomic E-state index is 12.7. The largest absolute Gasteiger partial charge is 0.323 e. The molecular weight excluding hydrogens is 308 g/mol. The molecule has 0 spiro atoms. The highest BCUT2D eigenvalue weighted by molar-refractivity contribution is 7.71. The number of aromatic amines is 1. The van der Waals surface area contributed by atoms with E-state index in [2.05, 4.69) is 24.9 Å². The number of rotatable bonds is 3. The molecule has 1 N–H and O–H groups in total. The SMILES string of the molecule is CC(C)C(c1cccs1)n1c(=S)[nH]c2sccc2c1=O. The first-order valence-corrected chi connectivity index (χ1v) is 8.51. The molecule has 3 heterocycles. The Morgan fingerprint density at radius 2 is 2.05 bits per heavy atom. The first kappa shape index (κ1) is 13.7. The Morgan fingerprint density at radius 3 is 2.70 bits per heavy atom. The van der Waals surface area contributed by atoms with Gasteiger partial charge in [-0.3, -0.25) is 9.36 Å². The quantitative estimate of drug-likeness (QED) is 0.725. The van der Waals surface area contributed by atoms with Gasteiger partial charge in [-0.05, 0) is 41.0 Å². The van der Waals surface area contributed by atoms with Crippen LogP contribution in [0.2, 0.25) is 0 Å². The number of hydrogen-bond donors (Lipinski definition) is 1. The second kappa shape index (κ2) is 5.27. The van der Waals surface area contributed by atoms with Crippen LogP contribution >= 0.6 is 34.9 Å². The average Bonchev–Trinajstić information content (AvgIpc) is 3.03. The van der Waals surface area contributed by atoms with Gasteiger partial charge >= 0.3 is 0 Å². The Hall–Kier alpha value is -1.24. The van der Waals surface area contributed by atoms with Crippen LogP contribution < -0.4 is 5.56 Å². The van der Waals surface area contributed by atoms with Crippen LogP contribution in [-0.2, 0) is 0 Å². The molecule has 0 saturated heterocycles. The molecule has 0 radical (unpaired) electrons. The van der Waals surface area contributed by atoms with Gasteiger partial charge in [0.05, 0.1) is 11.4 Å². The molecule has 1 atom stereocenters. The van der Waals surface area contributed by atoms with Gasteiger partial charge in [0.15, 0.2) is 4.77 Å². The highest BCUT2D eigenvalue weighted by atomic mass is 32.1. The zero-order chi connectivity index (χ0) is 14.3. The van der Waals surface area contributed by atoms with Crippen LogP contribution in [-0.4, -0.2) is 9.55 Å². The van der Waals surface area contributed by atoms with E-state index in [-0.39, 0.29) is 17.5 Å². The lowest BCUT2D eigenvalue weighted by Gasteiger charge is -2.22. The molecule has 104 valence electrons. The van der Waals surface area contributed by atoms with E-state index in [1.54, 1.807) is 15.9 Å². The number of nitrogens with zero attached hydrogens (tertiary/aromatic N) is 1. The van der Waals surface area contributed by atoms with Crippen LogP contribution in [0.3, 0.4) is 0 Å². The summed E-state index contributed by atoms with van der Waals surface area (Å²) in [6, 6.07) is 5.91. The second-order valence-corrected chi connectivity index (χ2v) is 7.26. The van der Waals surface area contributed by atoms with Crippen LogP contribution in [0.1, 0.15) is 24.8 Å². The normalized spacial score (nSPS) is 13.2. The average molecular weight is 322 g/mol. The minimum atomic E-state index is -0.0180. The summed E-state index contributed by atoms with van der Waals surface area (Å²) in [5.74, 6) is 0.289. The van der Waals surface area contributed by atoms with E-state index in [9.17, 15) is 4.79 Å². The molecule has 3 aromatic heterocycles. The number of fused-ring (bicyclic) bond motifs is 1. The summed E-state index contributed by atoms with van der Waals surface area (Å²) in [6.07, 6.45) is 0. The molecule has 0 fully saturated rings. The van der Waals surface area contributed by atoms with Crippen LogP contribution in [0.15, 0.2) is 33.8 Å². The molecule has 0 saturated carbocycles. The van der Waals surface area contributed by atoms with Crippen LogP contribution in [0.5, 0.6) is 0 Å². The van der Waals surface area contributed by atoms with E-state index in [0.717, 1.165) is 9.71 Å². The van der Waals surface area contributed by atoms with Gasteiger partial charge in [0.25, 0.3) is 5.56 Å². The van der Waals surface area contributed by atoms with Crippen LogP contribution in [0, 0.1) is 10.7 Å². The fourth-order valence-corrected chi connectivity index (χ4v) is 4.55. The third-order valence-corrected chi connectivity index (χ3v) is 5.37. The lowest BCUT2D eigenvalue weighted by atomic mass is 10.0. The molecule has 3 aromatic rings. The molecule has 3 rings (SSSR count). The van der Waals surface area contributed by atoms with Crippen molar-refractivity contribution in [1.29, 1.82) is 0 Å². The Morgan fingerprint density at radius 1 is 1.25 bits per heavy atom. The van der Waals surface area contributed by atoms with Crippen molar-refractivity contribution in [3.63, 3.8) is 0 Å². The molecular formula is C14H14N2OS3. The van der Waals surface area contributed by atoms with Gasteiger partial charge in [0.1, 0.15) is 4.83 Å². The molecule has 0 aromatic carbocycles. The van der Waals surface area contributed by atoms with Gasteiger partial charge in [-0.15, -0.1) is 22.7 Å². The molecule has 0 bridgehead atoms. The molecule has 0 aliphatic rings. The fourth-order valence-electron chi connectivity index (χ4n) is 2.42. The van der Waals surface area contributed by atoms with Crippen molar-refractivity contribution < 1.29 is 0 Å². The summed E-state index contributed by atoms with van der Waals surface area (Å²) >= 11 is 8.59. The number of nitrogens with one attached hydrogen (secondary N) is 1. The zero-order valence-corrected chi connectivity index (χ0v) is 13.6. The highest BCUT2D eigenvalue weighted by Crippen LogP contribution is 2.29. The predicted octanol–water partition coefficient (Wildman–Crippen LogP) is 4.43. The summed E-state index contributed by atoms with van der Waals surface area (Å²) < 4.78 is 2.22. The number of hydrogen-bond acceptors (Lipinski definition) is 4. The lowest BCUT2D eigenvalue weighted by molar-refractivity contribution is 0.426. The van der Waals surface area contributed by atoms with Gasteiger partial charge < -0.3 is 4.98 Å². The highest BCUT2D eigenvalue weighted by Gasteiger charge is 2.22. The third kappa shape index (κ3) is 2.17. The van der Waals surface area contributed by atoms with Gasteiger partial charge in [-0.2, -0.15) is 0 Å². The second-order valence-electron chi connectivity index (χ2n) is 4.97. The smallest absolute Gasteiger partial charge is 0.263 e. The zero-order valence-electron chi connectivity index (χ0n) is 11.1. The third-order valence-electron chi connectivity index (χ3n) is 3.30. The standard InChI is InChI=1S/C14H14N2OS3/c1-8(2)11(10-4-3-6-19-10)16-13(17)9-5-7-20-12(9)15-14(16)18/h3-8,11H,1-2H3,(H,15,18). The van der Waals surface area contributed by atoms with E-state index in [4.69, 9.17) is 12.2 Å². The van der Waals surface area contributed by atoms with Crippen molar-refractivity contribution in [3.8, 4) is 0 Å². The first-order valence-electron chi connectivity index (χ1n) is 6.35. The molecule has 0 aliphatic heterocycles. The van der Waals surface area contributed by atoms with E-state index in [0.29, 0.717) is 10.2 Å². The van der Waals surface area contributed by atoms with Crippen molar-refractivity contribution in [2.75, 3.05) is 0 Å².